The summed E-state index contributed by atoms with van der Waals surface area (Å²) in [5.41, 5.74) is -0.362. The van der Waals surface area contributed by atoms with Gasteiger partial charge in [-0.1, -0.05) is 0 Å². The quantitative estimate of drug-likeness (QED) is 0.502. The molecule has 3 nitrogen and oxygen atoms in total. The zero-order chi connectivity index (χ0) is 10.3. The van der Waals surface area contributed by atoms with Crippen LogP contribution in [0.3, 0.4) is 0 Å². The van der Waals surface area contributed by atoms with Crippen LogP contribution in [-0.2, 0) is 14.3 Å². The van der Waals surface area contributed by atoms with Crippen molar-refractivity contribution in [3.05, 3.63) is 0 Å². The largest absolute Gasteiger partial charge is 0.460 e. The van der Waals surface area contributed by atoms with Crippen molar-refractivity contribution in [2.45, 2.75) is 57.8 Å². The molecule has 2 rings (SSSR count). The third kappa shape index (κ3) is 2.27. The molecule has 3 atom stereocenters. The van der Waals surface area contributed by atoms with Crippen molar-refractivity contribution >= 4 is 5.97 Å². The van der Waals surface area contributed by atoms with E-state index in [1.165, 1.54) is 0 Å². The molecular formula is C11H18O3. The number of esters is 1. The van der Waals surface area contributed by atoms with Crippen LogP contribution in [0.5, 0.6) is 0 Å². The van der Waals surface area contributed by atoms with Gasteiger partial charge < -0.3 is 9.47 Å². The molecule has 1 aliphatic heterocycles. The molecule has 0 aromatic heterocycles. The molecule has 1 saturated carbocycles. The van der Waals surface area contributed by atoms with Gasteiger partial charge in [0.05, 0.1) is 18.6 Å². The normalized spacial score (nSPS) is 35.2. The fraction of sp³-hybridized carbons (Fsp3) is 0.909. The number of fused-ring (bicyclic) bond motifs is 1. The molecule has 0 amide bonds. The van der Waals surface area contributed by atoms with Crippen molar-refractivity contribution in [3.8, 4) is 0 Å². The second-order valence-corrected chi connectivity index (χ2v) is 5.27. The summed E-state index contributed by atoms with van der Waals surface area (Å²) in [6.45, 7) is 5.70. The van der Waals surface area contributed by atoms with Crippen molar-refractivity contribution in [1.29, 1.82) is 0 Å². The van der Waals surface area contributed by atoms with Gasteiger partial charge in [0.25, 0.3) is 0 Å². The first-order valence-corrected chi connectivity index (χ1v) is 5.33. The minimum absolute atomic E-state index is 0.0846. The number of carbonyl (C=O) groups excluding carboxylic acids is 1. The Bertz CT molecular complexity index is 241. The van der Waals surface area contributed by atoms with Gasteiger partial charge in [0, 0.05) is 0 Å². The lowest BCUT2D eigenvalue weighted by atomic mass is 10.0. The van der Waals surface area contributed by atoms with Crippen molar-refractivity contribution in [3.63, 3.8) is 0 Å². The molecule has 2 fully saturated rings. The van der Waals surface area contributed by atoms with Gasteiger partial charge in [-0.25, -0.2) is 0 Å². The van der Waals surface area contributed by atoms with Gasteiger partial charge in [0.15, 0.2) is 0 Å². The molecule has 0 aromatic rings. The maximum absolute atomic E-state index is 11.5. The van der Waals surface area contributed by atoms with Crippen LogP contribution in [0.1, 0.15) is 40.0 Å². The van der Waals surface area contributed by atoms with E-state index in [-0.39, 0.29) is 11.6 Å². The van der Waals surface area contributed by atoms with Gasteiger partial charge >= 0.3 is 5.97 Å². The topological polar surface area (TPSA) is 38.8 Å². The standard InChI is InChI=1S/C11H18O3/c1-11(2,3)14-9(12)6-7-4-5-8-10(7)13-8/h7-8,10H,4-6H2,1-3H3/t7-,8-,10+/m1/s1. The minimum atomic E-state index is -0.362. The van der Waals surface area contributed by atoms with Crippen LogP contribution >= 0.6 is 0 Å². The summed E-state index contributed by atoms with van der Waals surface area (Å²) < 4.78 is 10.7. The molecular weight excluding hydrogens is 180 g/mol. The molecule has 0 aromatic carbocycles. The highest BCUT2D eigenvalue weighted by molar-refractivity contribution is 5.70. The number of epoxide rings is 1. The minimum Gasteiger partial charge on any atom is -0.460 e. The summed E-state index contributed by atoms with van der Waals surface area (Å²) in [4.78, 5) is 11.5. The van der Waals surface area contributed by atoms with Crippen LogP contribution in [0.4, 0.5) is 0 Å². The highest BCUT2D eigenvalue weighted by atomic mass is 16.6. The zero-order valence-corrected chi connectivity index (χ0v) is 9.08. The summed E-state index contributed by atoms with van der Waals surface area (Å²) in [7, 11) is 0. The van der Waals surface area contributed by atoms with E-state index in [2.05, 4.69) is 0 Å². The summed E-state index contributed by atoms with van der Waals surface area (Å²) in [6, 6.07) is 0. The number of rotatable bonds is 2. The Morgan fingerprint density at radius 3 is 2.57 bits per heavy atom. The number of carbonyl (C=O) groups is 1. The second-order valence-electron chi connectivity index (χ2n) is 5.27. The van der Waals surface area contributed by atoms with E-state index in [0.29, 0.717) is 24.5 Å². The van der Waals surface area contributed by atoms with E-state index in [1.807, 2.05) is 20.8 Å². The van der Waals surface area contributed by atoms with E-state index >= 15 is 0 Å². The predicted molar refractivity (Wildman–Crippen MR) is 51.8 cm³/mol. The van der Waals surface area contributed by atoms with Crippen molar-refractivity contribution in [2.75, 3.05) is 0 Å². The monoisotopic (exact) mass is 198 g/mol. The van der Waals surface area contributed by atoms with E-state index in [4.69, 9.17) is 9.47 Å². The third-order valence-corrected chi connectivity index (χ3v) is 2.76. The lowest BCUT2D eigenvalue weighted by Gasteiger charge is -2.20. The molecule has 0 bridgehead atoms. The average molecular weight is 198 g/mol. The van der Waals surface area contributed by atoms with E-state index in [0.717, 1.165) is 12.8 Å². The van der Waals surface area contributed by atoms with Gasteiger partial charge in [-0.15, -0.1) is 0 Å². The Balaban J connectivity index is 1.77. The average Bonchev–Trinajstić information content (AvgIpc) is 2.66. The first-order valence-electron chi connectivity index (χ1n) is 5.33. The Morgan fingerprint density at radius 1 is 1.43 bits per heavy atom. The van der Waals surface area contributed by atoms with Gasteiger partial charge in [0.2, 0.25) is 0 Å². The lowest BCUT2D eigenvalue weighted by molar-refractivity contribution is -0.156. The first-order chi connectivity index (χ1) is 6.46. The molecule has 80 valence electrons. The summed E-state index contributed by atoms with van der Waals surface area (Å²) in [5, 5.41) is 0. The van der Waals surface area contributed by atoms with Crippen LogP contribution in [0.15, 0.2) is 0 Å². The maximum Gasteiger partial charge on any atom is 0.306 e. The van der Waals surface area contributed by atoms with E-state index < -0.39 is 0 Å². The van der Waals surface area contributed by atoms with Crippen LogP contribution in [-0.4, -0.2) is 23.8 Å². The Kier molecular flexibility index (Phi) is 2.30. The Labute approximate surface area is 84.8 Å². The van der Waals surface area contributed by atoms with Gasteiger partial charge in [-0.3, -0.25) is 4.79 Å². The van der Waals surface area contributed by atoms with Crippen LogP contribution in [0.25, 0.3) is 0 Å². The molecule has 3 heteroatoms. The van der Waals surface area contributed by atoms with Gasteiger partial charge in [-0.05, 0) is 39.5 Å². The number of hydrogen-bond acceptors (Lipinski definition) is 3. The lowest BCUT2D eigenvalue weighted by Crippen LogP contribution is -2.25. The zero-order valence-electron chi connectivity index (χ0n) is 9.08. The molecule has 14 heavy (non-hydrogen) atoms. The molecule has 0 unspecified atom stereocenters. The van der Waals surface area contributed by atoms with Crippen LogP contribution < -0.4 is 0 Å². The van der Waals surface area contributed by atoms with Crippen LogP contribution in [0.2, 0.25) is 0 Å². The summed E-state index contributed by atoms with van der Waals surface area (Å²) in [5.74, 6) is 0.327. The number of hydrogen-bond donors (Lipinski definition) is 0. The molecule has 1 saturated heterocycles. The molecule has 1 aliphatic carbocycles. The molecule has 2 aliphatic rings. The second kappa shape index (κ2) is 3.23. The number of ether oxygens (including phenoxy) is 2. The molecule has 0 radical (unpaired) electrons. The highest BCUT2D eigenvalue weighted by Gasteiger charge is 2.50. The van der Waals surface area contributed by atoms with E-state index in [9.17, 15) is 4.79 Å². The maximum atomic E-state index is 11.5. The predicted octanol–water partition coefficient (Wildman–Crippen LogP) is 1.90. The van der Waals surface area contributed by atoms with Crippen molar-refractivity contribution in [2.24, 2.45) is 5.92 Å². The van der Waals surface area contributed by atoms with E-state index in [1.54, 1.807) is 0 Å². The fourth-order valence-electron chi connectivity index (χ4n) is 2.16. The Morgan fingerprint density at radius 2 is 2.14 bits per heavy atom. The fourth-order valence-corrected chi connectivity index (χ4v) is 2.16. The van der Waals surface area contributed by atoms with Crippen molar-refractivity contribution < 1.29 is 14.3 Å². The highest BCUT2D eigenvalue weighted by Crippen LogP contribution is 2.44. The summed E-state index contributed by atoms with van der Waals surface area (Å²) >= 11 is 0. The molecule has 0 N–H and O–H groups in total. The van der Waals surface area contributed by atoms with Gasteiger partial charge in [-0.2, -0.15) is 0 Å². The first kappa shape index (κ1) is 9.97. The molecule has 1 heterocycles. The molecule has 0 spiro atoms. The summed E-state index contributed by atoms with van der Waals surface area (Å²) in [6.07, 6.45) is 3.59. The van der Waals surface area contributed by atoms with Crippen LogP contribution in [0, 0.1) is 5.92 Å². The SMILES string of the molecule is CC(C)(C)OC(=O)C[C@H]1CC[C@H]2O[C@@H]12. The Hall–Kier alpha value is -0.570. The smallest absolute Gasteiger partial charge is 0.306 e. The third-order valence-electron chi connectivity index (χ3n) is 2.76. The van der Waals surface area contributed by atoms with Crippen molar-refractivity contribution in [1.82, 2.24) is 0 Å². The van der Waals surface area contributed by atoms with Gasteiger partial charge in [0.1, 0.15) is 5.60 Å².